The number of fused-ring (bicyclic) bond motifs is 1. The summed E-state index contributed by atoms with van der Waals surface area (Å²) in [5.41, 5.74) is -0.171. The van der Waals surface area contributed by atoms with Crippen LogP contribution in [0.1, 0.15) is 51.3 Å². The molecule has 2 aromatic heterocycles. The van der Waals surface area contributed by atoms with Crippen molar-refractivity contribution in [2.24, 2.45) is 0 Å². The van der Waals surface area contributed by atoms with Gasteiger partial charge in [0, 0.05) is 31.4 Å². The first-order valence-electron chi connectivity index (χ1n) is 9.07. The Morgan fingerprint density at radius 1 is 1.22 bits per heavy atom. The van der Waals surface area contributed by atoms with E-state index < -0.39 is 17.3 Å². The summed E-state index contributed by atoms with van der Waals surface area (Å²) in [4.78, 5) is 18.6. The monoisotopic (exact) mass is 383 g/mol. The molecule has 0 spiro atoms. The predicted octanol–water partition coefficient (Wildman–Crippen LogP) is 4.69. The molecule has 2 aromatic rings. The van der Waals surface area contributed by atoms with Gasteiger partial charge in [-0.1, -0.05) is 0 Å². The molecule has 0 aliphatic carbocycles. The highest BCUT2D eigenvalue weighted by Crippen LogP contribution is 2.29. The van der Waals surface area contributed by atoms with Crippen molar-refractivity contribution in [3.05, 3.63) is 35.8 Å². The normalized spacial score (nSPS) is 18.7. The number of aromatic nitrogens is 2. The largest absolute Gasteiger partial charge is 0.444 e. The molecule has 1 aliphatic heterocycles. The summed E-state index contributed by atoms with van der Waals surface area (Å²) in [7, 11) is 0. The fourth-order valence-electron chi connectivity index (χ4n) is 3.33. The zero-order valence-corrected chi connectivity index (χ0v) is 15.7. The highest BCUT2D eigenvalue weighted by molar-refractivity contribution is 5.68. The van der Waals surface area contributed by atoms with E-state index in [1.165, 1.54) is 10.5 Å². The summed E-state index contributed by atoms with van der Waals surface area (Å²) >= 11 is 0. The van der Waals surface area contributed by atoms with Crippen molar-refractivity contribution in [2.75, 3.05) is 6.54 Å². The third kappa shape index (κ3) is 4.73. The first-order chi connectivity index (χ1) is 12.5. The van der Waals surface area contributed by atoms with Crippen molar-refractivity contribution < 1.29 is 22.7 Å². The van der Waals surface area contributed by atoms with Gasteiger partial charge >= 0.3 is 12.3 Å². The zero-order chi connectivity index (χ0) is 19.8. The number of nitrogens with zero attached hydrogens (tertiary/aromatic N) is 3. The van der Waals surface area contributed by atoms with Crippen molar-refractivity contribution in [3.63, 3.8) is 0 Å². The standard InChI is InChI=1S/C19H24F3N3O2/c1-18(2,3)27-17(26)25-9-5-4-6-15(25)10-14-12-24-11-13(19(20,21)22)7-8-16(24)23-14/h7-8,11-12,15H,4-6,9-10H2,1-3H3/t15-/m0/s1. The van der Waals surface area contributed by atoms with Crippen LogP contribution in [0.15, 0.2) is 24.5 Å². The molecule has 1 amide bonds. The molecule has 1 atom stereocenters. The van der Waals surface area contributed by atoms with E-state index in [1.54, 1.807) is 11.1 Å². The Morgan fingerprint density at radius 2 is 1.96 bits per heavy atom. The van der Waals surface area contributed by atoms with Crippen LogP contribution in [0, 0.1) is 0 Å². The number of pyridine rings is 1. The van der Waals surface area contributed by atoms with Gasteiger partial charge in [0.2, 0.25) is 0 Å². The highest BCUT2D eigenvalue weighted by atomic mass is 19.4. The number of halogens is 3. The first-order valence-corrected chi connectivity index (χ1v) is 9.07. The van der Waals surface area contributed by atoms with Crippen molar-refractivity contribution in [1.29, 1.82) is 0 Å². The van der Waals surface area contributed by atoms with Crippen molar-refractivity contribution in [1.82, 2.24) is 14.3 Å². The summed E-state index contributed by atoms with van der Waals surface area (Å²) in [6.07, 6.45) is 1.12. The van der Waals surface area contributed by atoms with E-state index in [9.17, 15) is 18.0 Å². The van der Waals surface area contributed by atoms with Gasteiger partial charge in [-0.15, -0.1) is 0 Å². The molecule has 0 bridgehead atoms. The van der Waals surface area contributed by atoms with Crippen LogP contribution < -0.4 is 0 Å². The molecule has 0 unspecified atom stereocenters. The average Bonchev–Trinajstić information content (AvgIpc) is 2.94. The molecule has 1 saturated heterocycles. The maximum Gasteiger partial charge on any atom is 0.417 e. The van der Waals surface area contributed by atoms with E-state index in [-0.39, 0.29) is 12.1 Å². The van der Waals surface area contributed by atoms with E-state index in [0.29, 0.717) is 24.3 Å². The zero-order valence-electron chi connectivity index (χ0n) is 15.7. The second-order valence-corrected chi connectivity index (χ2v) is 7.94. The minimum Gasteiger partial charge on any atom is -0.444 e. The van der Waals surface area contributed by atoms with Crippen LogP contribution in [0.5, 0.6) is 0 Å². The van der Waals surface area contributed by atoms with Gasteiger partial charge < -0.3 is 14.0 Å². The van der Waals surface area contributed by atoms with Crippen LogP contribution >= 0.6 is 0 Å². The van der Waals surface area contributed by atoms with E-state index in [2.05, 4.69) is 4.98 Å². The minimum atomic E-state index is -4.39. The van der Waals surface area contributed by atoms with Crippen molar-refractivity contribution in [3.8, 4) is 0 Å². The van der Waals surface area contributed by atoms with Gasteiger partial charge in [0.15, 0.2) is 0 Å². The van der Waals surface area contributed by atoms with E-state index in [1.807, 2.05) is 20.8 Å². The number of ether oxygens (including phenoxy) is 1. The fourth-order valence-corrected chi connectivity index (χ4v) is 3.33. The van der Waals surface area contributed by atoms with Crippen molar-refractivity contribution >= 4 is 11.7 Å². The fraction of sp³-hybridized carbons (Fsp3) is 0.579. The molecule has 8 heteroatoms. The number of piperidine rings is 1. The van der Waals surface area contributed by atoms with E-state index in [4.69, 9.17) is 4.74 Å². The molecule has 27 heavy (non-hydrogen) atoms. The quantitative estimate of drug-likeness (QED) is 0.756. The summed E-state index contributed by atoms with van der Waals surface area (Å²) < 4.78 is 45.5. The Morgan fingerprint density at radius 3 is 2.63 bits per heavy atom. The number of imidazole rings is 1. The number of rotatable bonds is 2. The lowest BCUT2D eigenvalue weighted by Gasteiger charge is -2.36. The Hall–Kier alpha value is -2.25. The van der Waals surface area contributed by atoms with Gasteiger partial charge in [-0.3, -0.25) is 0 Å². The number of amides is 1. The van der Waals surface area contributed by atoms with Gasteiger partial charge in [-0.2, -0.15) is 13.2 Å². The lowest BCUT2D eigenvalue weighted by atomic mass is 9.98. The molecule has 148 valence electrons. The SMILES string of the molecule is CC(C)(C)OC(=O)N1CCCC[C@H]1Cc1cn2cc(C(F)(F)F)ccc2n1. The van der Waals surface area contributed by atoms with E-state index >= 15 is 0 Å². The van der Waals surface area contributed by atoms with Crippen LogP contribution in [0.4, 0.5) is 18.0 Å². The van der Waals surface area contributed by atoms with Gasteiger partial charge in [0.25, 0.3) is 0 Å². The smallest absolute Gasteiger partial charge is 0.417 e. The molecule has 0 N–H and O–H groups in total. The summed E-state index contributed by atoms with van der Waals surface area (Å²) in [6, 6.07) is 2.32. The number of hydrogen-bond donors (Lipinski definition) is 0. The lowest BCUT2D eigenvalue weighted by Crippen LogP contribution is -2.47. The summed E-state index contributed by atoms with van der Waals surface area (Å²) in [5.74, 6) is 0. The van der Waals surface area contributed by atoms with Crippen LogP contribution in [0.25, 0.3) is 5.65 Å². The van der Waals surface area contributed by atoms with Gasteiger partial charge in [-0.25, -0.2) is 9.78 Å². The number of hydrogen-bond acceptors (Lipinski definition) is 3. The molecule has 3 heterocycles. The van der Waals surface area contributed by atoms with Crippen LogP contribution in [-0.2, 0) is 17.3 Å². The summed E-state index contributed by atoms with van der Waals surface area (Å²) in [5, 5.41) is 0. The molecular formula is C19H24F3N3O2. The molecule has 1 fully saturated rings. The summed E-state index contributed by atoms with van der Waals surface area (Å²) in [6.45, 7) is 6.09. The second-order valence-electron chi connectivity index (χ2n) is 7.94. The number of carbonyl (C=O) groups excluding carboxylic acids is 1. The van der Waals surface area contributed by atoms with Crippen LogP contribution in [0.2, 0.25) is 0 Å². The number of carbonyl (C=O) groups is 1. The van der Waals surface area contributed by atoms with E-state index in [0.717, 1.165) is 31.5 Å². The maximum absolute atomic E-state index is 12.9. The molecule has 0 saturated carbocycles. The second kappa shape index (κ2) is 7.05. The Kier molecular flexibility index (Phi) is 5.10. The maximum atomic E-state index is 12.9. The highest BCUT2D eigenvalue weighted by Gasteiger charge is 2.32. The average molecular weight is 383 g/mol. The Balaban J connectivity index is 1.79. The molecule has 3 rings (SSSR count). The van der Waals surface area contributed by atoms with Crippen LogP contribution in [0.3, 0.4) is 0 Å². The third-order valence-electron chi connectivity index (χ3n) is 4.53. The number of alkyl halides is 3. The third-order valence-corrected chi connectivity index (χ3v) is 4.53. The molecule has 0 aromatic carbocycles. The lowest BCUT2D eigenvalue weighted by molar-refractivity contribution is -0.137. The number of likely N-dealkylation sites (tertiary alicyclic amines) is 1. The first kappa shape index (κ1) is 19.5. The van der Waals surface area contributed by atoms with Crippen molar-refractivity contribution in [2.45, 2.75) is 64.3 Å². The molecular weight excluding hydrogens is 359 g/mol. The van der Waals surface area contributed by atoms with Gasteiger partial charge in [0.1, 0.15) is 11.2 Å². The minimum absolute atomic E-state index is 0.0689. The van der Waals surface area contributed by atoms with Gasteiger partial charge in [-0.05, 0) is 52.2 Å². The van der Waals surface area contributed by atoms with Gasteiger partial charge in [0.05, 0.1) is 11.3 Å². The molecule has 5 nitrogen and oxygen atoms in total. The molecule has 0 radical (unpaired) electrons. The van der Waals surface area contributed by atoms with Crippen LogP contribution in [-0.4, -0.2) is 38.6 Å². The molecule has 1 aliphatic rings. The predicted molar refractivity (Wildman–Crippen MR) is 94.5 cm³/mol. The topological polar surface area (TPSA) is 46.8 Å². The Bertz CT molecular complexity index is 824. The Labute approximate surface area is 156 Å².